The number of hydrogen-bond acceptors (Lipinski definition) is 6. The van der Waals surface area contributed by atoms with Crippen molar-refractivity contribution in [2.24, 2.45) is 5.92 Å². The summed E-state index contributed by atoms with van der Waals surface area (Å²) in [7, 11) is 0. The van der Waals surface area contributed by atoms with Crippen LogP contribution in [0, 0.1) is 16.0 Å². The highest BCUT2D eigenvalue weighted by Gasteiger charge is 2.21. The molecule has 0 spiro atoms. The predicted octanol–water partition coefficient (Wildman–Crippen LogP) is 3.86. The van der Waals surface area contributed by atoms with Crippen LogP contribution < -0.4 is 0 Å². The number of rotatable bonds is 9. The van der Waals surface area contributed by atoms with Gasteiger partial charge in [0.2, 0.25) is 17.6 Å². The highest BCUT2D eigenvalue weighted by atomic mass is 16.6. The van der Waals surface area contributed by atoms with Crippen molar-refractivity contribution in [2.75, 3.05) is 6.54 Å². The minimum Gasteiger partial charge on any atom is -0.339 e. The number of benzene rings is 1. The van der Waals surface area contributed by atoms with Crippen LogP contribution in [0.3, 0.4) is 0 Å². The maximum absolute atomic E-state index is 12.5. The van der Waals surface area contributed by atoms with Gasteiger partial charge < -0.3 is 9.42 Å². The molecule has 0 aliphatic carbocycles. The molecule has 0 N–H and O–H groups in total. The van der Waals surface area contributed by atoms with E-state index < -0.39 is 4.92 Å². The monoisotopic (exact) mass is 374 g/mol. The van der Waals surface area contributed by atoms with Crippen molar-refractivity contribution in [1.82, 2.24) is 15.0 Å². The van der Waals surface area contributed by atoms with Gasteiger partial charge in [-0.2, -0.15) is 4.98 Å². The van der Waals surface area contributed by atoms with Gasteiger partial charge >= 0.3 is 0 Å². The number of nitrogens with zero attached hydrogens (tertiary/aromatic N) is 4. The number of amides is 1. The van der Waals surface area contributed by atoms with Crippen LogP contribution in [0.25, 0.3) is 11.4 Å². The SMILES string of the molecule is CC[C@@H](C)N(CCc1nc(-c2cccc([N+](=O)[O-])c2)no1)C(=O)CC(C)C. The van der Waals surface area contributed by atoms with Crippen LogP contribution in [0.5, 0.6) is 0 Å². The second-order valence-corrected chi connectivity index (χ2v) is 7.01. The third kappa shape index (κ3) is 5.60. The summed E-state index contributed by atoms with van der Waals surface area (Å²) in [5.41, 5.74) is 0.495. The zero-order chi connectivity index (χ0) is 20.0. The molecule has 1 aromatic carbocycles. The Balaban J connectivity index is 2.08. The predicted molar refractivity (Wildman–Crippen MR) is 101 cm³/mol. The molecule has 0 saturated carbocycles. The second kappa shape index (κ2) is 9.25. The fourth-order valence-electron chi connectivity index (χ4n) is 2.73. The number of aromatic nitrogens is 2. The summed E-state index contributed by atoms with van der Waals surface area (Å²) in [6.07, 6.45) is 1.82. The van der Waals surface area contributed by atoms with E-state index >= 15 is 0 Å². The van der Waals surface area contributed by atoms with Gasteiger partial charge in [-0.3, -0.25) is 14.9 Å². The van der Waals surface area contributed by atoms with Gasteiger partial charge in [0, 0.05) is 43.1 Å². The molecule has 8 heteroatoms. The quantitative estimate of drug-likeness (QED) is 0.488. The Kier molecular flexibility index (Phi) is 7.04. The van der Waals surface area contributed by atoms with Crippen LogP contribution in [0.1, 0.15) is 46.4 Å². The normalized spacial score (nSPS) is 12.2. The fourth-order valence-corrected chi connectivity index (χ4v) is 2.73. The molecule has 146 valence electrons. The van der Waals surface area contributed by atoms with Crippen molar-refractivity contribution in [1.29, 1.82) is 0 Å². The standard InChI is InChI=1S/C19H26N4O4/c1-5-14(4)22(18(24)11-13(2)3)10-9-17-20-19(21-27-17)15-7-6-8-16(12-15)23(25)26/h6-8,12-14H,5,9-11H2,1-4H3/t14-/m1/s1. The van der Waals surface area contributed by atoms with Crippen LogP contribution in [0.4, 0.5) is 5.69 Å². The van der Waals surface area contributed by atoms with Crippen LogP contribution in [-0.2, 0) is 11.2 Å². The molecule has 8 nitrogen and oxygen atoms in total. The fraction of sp³-hybridized carbons (Fsp3) is 0.526. The molecule has 1 heterocycles. The maximum Gasteiger partial charge on any atom is 0.270 e. The minimum absolute atomic E-state index is 0.0268. The van der Waals surface area contributed by atoms with E-state index in [0.717, 1.165) is 6.42 Å². The molecule has 0 saturated heterocycles. The topological polar surface area (TPSA) is 102 Å². The summed E-state index contributed by atoms with van der Waals surface area (Å²) in [5, 5.41) is 14.8. The first-order chi connectivity index (χ1) is 12.8. The molecule has 0 radical (unpaired) electrons. The van der Waals surface area contributed by atoms with Crippen molar-refractivity contribution >= 4 is 11.6 Å². The first-order valence-electron chi connectivity index (χ1n) is 9.18. The van der Waals surface area contributed by atoms with Crippen molar-refractivity contribution < 1.29 is 14.2 Å². The summed E-state index contributed by atoms with van der Waals surface area (Å²) in [5.74, 6) is 1.13. The van der Waals surface area contributed by atoms with Crippen molar-refractivity contribution in [2.45, 2.75) is 53.0 Å². The van der Waals surface area contributed by atoms with E-state index in [0.29, 0.717) is 42.6 Å². The van der Waals surface area contributed by atoms with E-state index in [4.69, 9.17) is 4.52 Å². The van der Waals surface area contributed by atoms with Gasteiger partial charge in [-0.05, 0) is 19.3 Å². The van der Waals surface area contributed by atoms with Gasteiger partial charge in [0.25, 0.3) is 5.69 Å². The molecule has 27 heavy (non-hydrogen) atoms. The molecular formula is C19H26N4O4. The van der Waals surface area contributed by atoms with E-state index in [2.05, 4.69) is 10.1 Å². The molecule has 0 aliphatic heterocycles. The smallest absolute Gasteiger partial charge is 0.270 e. The summed E-state index contributed by atoms with van der Waals surface area (Å²) >= 11 is 0. The van der Waals surface area contributed by atoms with Gasteiger partial charge in [-0.25, -0.2) is 0 Å². The van der Waals surface area contributed by atoms with E-state index in [1.54, 1.807) is 12.1 Å². The van der Waals surface area contributed by atoms with E-state index in [-0.39, 0.29) is 17.6 Å². The Morgan fingerprint density at radius 1 is 1.33 bits per heavy atom. The number of non-ortho nitro benzene ring substituents is 1. The van der Waals surface area contributed by atoms with Crippen molar-refractivity contribution in [3.05, 3.63) is 40.3 Å². The van der Waals surface area contributed by atoms with Crippen LogP contribution in [-0.4, -0.2) is 38.5 Å². The maximum atomic E-state index is 12.5. The number of hydrogen-bond donors (Lipinski definition) is 0. The average Bonchev–Trinajstić information content (AvgIpc) is 3.10. The molecule has 0 unspecified atom stereocenters. The summed E-state index contributed by atoms with van der Waals surface area (Å²) in [6.45, 7) is 8.62. The van der Waals surface area contributed by atoms with E-state index in [1.165, 1.54) is 12.1 Å². The molecule has 0 aliphatic rings. The molecule has 1 atom stereocenters. The third-order valence-corrected chi connectivity index (χ3v) is 4.38. The molecule has 0 bridgehead atoms. The van der Waals surface area contributed by atoms with Crippen LogP contribution in [0.15, 0.2) is 28.8 Å². The highest BCUT2D eigenvalue weighted by molar-refractivity contribution is 5.76. The Morgan fingerprint density at radius 2 is 2.07 bits per heavy atom. The zero-order valence-electron chi connectivity index (χ0n) is 16.2. The number of nitro benzene ring substituents is 1. The molecule has 2 rings (SSSR count). The molecule has 0 fully saturated rings. The first kappa shape index (κ1) is 20.5. The van der Waals surface area contributed by atoms with E-state index in [9.17, 15) is 14.9 Å². The van der Waals surface area contributed by atoms with Gasteiger partial charge in [-0.1, -0.05) is 38.1 Å². The Morgan fingerprint density at radius 3 is 2.70 bits per heavy atom. The van der Waals surface area contributed by atoms with Gasteiger partial charge in [0.05, 0.1) is 4.92 Å². The lowest BCUT2D eigenvalue weighted by Crippen LogP contribution is -2.40. The van der Waals surface area contributed by atoms with Gasteiger partial charge in [0.1, 0.15) is 0 Å². The Hall–Kier alpha value is -2.77. The Labute approximate surface area is 158 Å². The lowest BCUT2D eigenvalue weighted by molar-refractivity contribution is -0.384. The largest absolute Gasteiger partial charge is 0.339 e. The van der Waals surface area contributed by atoms with Gasteiger partial charge in [0.15, 0.2) is 0 Å². The van der Waals surface area contributed by atoms with Gasteiger partial charge in [-0.15, -0.1) is 0 Å². The van der Waals surface area contributed by atoms with Crippen molar-refractivity contribution in [3.63, 3.8) is 0 Å². The number of nitro groups is 1. The van der Waals surface area contributed by atoms with E-state index in [1.807, 2.05) is 32.6 Å². The molecule has 2 aromatic rings. The second-order valence-electron chi connectivity index (χ2n) is 7.01. The Bertz CT molecular complexity index is 788. The number of carbonyl (C=O) groups excluding carboxylic acids is 1. The first-order valence-corrected chi connectivity index (χ1v) is 9.18. The third-order valence-electron chi connectivity index (χ3n) is 4.38. The van der Waals surface area contributed by atoms with Crippen LogP contribution in [0.2, 0.25) is 0 Å². The van der Waals surface area contributed by atoms with Crippen LogP contribution >= 0.6 is 0 Å². The highest BCUT2D eigenvalue weighted by Crippen LogP contribution is 2.21. The summed E-state index contributed by atoms with van der Waals surface area (Å²) in [4.78, 5) is 29.1. The summed E-state index contributed by atoms with van der Waals surface area (Å²) in [6, 6.07) is 6.23. The lowest BCUT2D eigenvalue weighted by Gasteiger charge is -2.29. The molecular weight excluding hydrogens is 348 g/mol. The number of carbonyl (C=O) groups is 1. The molecule has 1 aromatic heterocycles. The average molecular weight is 374 g/mol. The minimum atomic E-state index is -0.463. The van der Waals surface area contributed by atoms with Crippen molar-refractivity contribution in [3.8, 4) is 11.4 Å². The summed E-state index contributed by atoms with van der Waals surface area (Å²) < 4.78 is 5.28. The molecule has 1 amide bonds. The lowest BCUT2D eigenvalue weighted by atomic mass is 10.1. The zero-order valence-corrected chi connectivity index (χ0v) is 16.2.